The van der Waals surface area contributed by atoms with Gasteiger partial charge in [0.15, 0.2) is 0 Å². The molecule has 0 heterocycles. The molecule has 0 aliphatic carbocycles. The summed E-state index contributed by atoms with van der Waals surface area (Å²) in [6, 6.07) is 12.0. The highest BCUT2D eigenvalue weighted by Crippen LogP contribution is 1.81. The van der Waals surface area contributed by atoms with Gasteiger partial charge in [-0.1, -0.05) is 91.8 Å². The molecule has 16 heavy (non-hydrogen) atoms. The van der Waals surface area contributed by atoms with Gasteiger partial charge in [-0.05, 0) is 11.8 Å². The molecule has 0 aliphatic rings. The Morgan fingerprint density at radius 3 is 0.562 bits per heavy atom. The predicted octanol–water partition coefficient (Wildman–Crippen LogP) is 6.04. The van der Waals surface area contributed by atoms with E-state index in [1.807, 2.05) is 50.2 Å². The smallest absolute Gasteiger partial charge is 0.0500 e. The predicted molar refractivity (Wildman–Crippen MR) is 78.8 cm³/mol. The number of rotatable bonds is 0. The molecule has 0 N–H and O–H groups in total. The number of benzene rings is 1. The second-order valence-electron chi connectivity index (χ2n) is 4.62. The Balaban J connectivity index is -0.000000152. The molecule has 0 unspecified atom stereocenters. The number of hydrogen-bond donors (Lipinski definition) is 0. The standard InChI is InChI=1S/C6H6.2C4H10.C2H6/c1-2-4-6-5-3-1;2*1-4(2)3;1-2/h1-6H;2*4H,1-3H3;1-2H3. The van der Waals surface area contributed by atoms with Crippen LogP contribution in [0.15, 0.2) is 36.4 Å². The molecule has 1 rings (SSSR count). The summed E-state index contributed by atoms with van der Waals surface area (Å²) in [6.45, 7) is 17.0. The lowest BCUT2D eigenvalue weighted by Crippen LogP contribution is -1.66. The van der Waals surface area contributed by atoms with Gasteiger partial charge in [-0.25, -0.2) is 0 Å². The fraction of sp³-hybridized carbons (Fsp3) is 0.625. The summed E-state index contributed by atoms with van der Waals surface area (Å²) in [6.07, 6.45) is 0. The first kappa shape index (κ1) is 20.6. The van der Waals surface area contributed by atoms with Gasteiger partial charge in [0.2, 0.25) is 0 Å². The molecule has 0 spiro atoms. The summed E-state index contributed by atoms with van der Waals surface area (Å²) in [5, 5.41) is 0. The molecule has 1 aromatic rings. The van der Waals surface area contributed by atoms with Gasteiger partial charge in [-0.15, -0.1) is 0 Å². The van der Waals surface area contributed by atoms with Gasteiger partial charge in [0.25, 0.3) is 0 Å². The second-order valence-corrected chi connectivity index (χ2v) is 4.62. The van der Waals surface area contributed by atoms with Crippen molar-refractivity contribution in [2.75, 3.05) is 0 Å². The Morgan fingerprint density at radius 2 is 0.500 bits per heavy atom. The maximum atomic E-state index is 2.17. The molecule has 0 aromatic heterocycles. The summed E-state index contributed by atoms with van der Waals surface area (Å²) in [5.41, 5.74) is 0. The van der Waals surface area contributed by atoms with E-state index in [-0.39, 0.29) is 0 Å². The van der Waals surface area contributed by atoms with E-state index in [9.17, 15) is 0 Å². The molecule has 0 saturated carbocycles. The van der Waals surface area contributed by atoms with Gasteiger partial charge in [0, 0.05) is 0 Å². The van der Waals surface area contributed by atoms with Crippen molar-refractivity contribution in [2.45, 2.75) is 55.4 Å². The minimum Gasteiger partial charge on any atom is -0.0683 e. The van der Waals surface area contributed by atoms with Crippen LogP contribution in [0.5, 0.6) is 0 Å². The monoisotopic (exact) mass is 224 g/mol. The van der Waals surface area contributed by atoms with Gasteiger partial charge in [-0.2, -0.15) is 0 Å². The van der Waals surface area contributed by atoms with Crippen molar-refractivity contribution in [1.82, 2.24) is 0 Å². The molecule has 96 valence electrons. The minimum absolute atomic E-state index is 0.833. The third kappa shape index (κ3) is 72.4. The van der Waals surface area contributed by atoms with Crippen LogP contribution < -0.4 is 0 Å². The summed E-state index contributed by atoms with van der Waals surface area (Å²) in [5.74, 6) is 1.67. The first-order valence-corrected chi connectivity index (χ1v) is 6.46. The van der Waals surface area contributed by atoms with Crippen LogP contribution in [0.1, 0.15) is 55.4 Å². The second kappa shape index (κ2) is 19.7. The van der Waals surface area contributed by atoms with E-state index in [0.29, 0.717) is 0 Å². The Labute approximate surface area is 104 Å². The van der Waals surface area contributed by atoms with Crippen LogP contribution in [0.3, 0.4) is 0 Å². The summed E-state index contributed by atoms with van der Waals surface area (Å²) in [7, 11) is 0. The van der Waals surface area contributed by atoms with Gasteiger partial charge in [0.05, 0.1) is 0 Å². The zero-order chi connectivity index (χ0) is 13.4. The molecule has 0 heteroatoms. The normalized spacial score (nSPS) is 7.88. The van der Waals surface area contributed by atoms with Crippen molar-refractivity contribution in [2.24, 2.45) is 11.8 Å². The third-order valence-electron chi connectivity index (χ3n) is 0.667. The van der Waals surface area contributed by atoms with Crippen LogP contribution >= 0.6 is 0 Å². The SMILES string of the molecule is CC.CC(C)C.CC(C)C.c1ccccc1. The van der Waals surface area contributed by atoms with Crippen molar-refractivity contribution in [3.05, 3.63) is 36.4 Å². The molecule has 0 aliphatic heterocycles. The van der Waals surface area contributed by atoms with Gasteiger partial charge < -0.3 is 0 Å². The third-order valence-corrected chi connectivity index (χ3v) is 0.667. The van der Waals surface area contributed by atoms with Gasteiger partial charge in [0.1, 0.15) is 0 Å². The maximum Gasteiger partial charge on any atom is -0.0500 e. The Hall–Kier alpha value is -0.780. The van der Waals surface area contributed by atoms with E-state index in [2.05, 4.69) is 41.5 Å². The van der Waals surface area contributed by atoms with E-state index in [0.717, 1.165) is 11.8 Å². The van der Waals surface area contributed by atoms with Crippen molar-refractivity contribution < 1.29 is 0 Å². The highest BCUT2D eigenvalue weighted by molar-refractivity contribution is 4.99. The Kier molecular flexibility index (Phi) is 25.4. The Bertz CT molecular complexity index is 124. The fourth-order valence-electron chi connectivity index (χ4n) is 0.385. The largest absolute Gasteiger partial charge is 0.0683 e. The molecule has 1 aromatic carbocycles. The lowest BCUT2D eigenvalue weighted by molar-refractivity contribution is 0.736. The average Bonchev–Trinajstić information content (AvgIpc) is 2.22. The Morgan fingerprint density at radius 1 is 0.438 bits per heavy atom. The van der Waals surface area contributed by atoms with E-state index < -0.39 is 0 Å². The zero-order valence-corrected chi connectivity index (χ0v) is 12.6. The molecule has 0 fully saturated rings. The maximum absolute atomic E-state index is 2.17. The summed E-state index contributed by atoms with van der Waals surface area (Å²) in [4.78, 5) is 0. The summed E-state index contributed by atoms with van der Waals surface area (Å²) >= 11 is 0. The first-order chi connectivity index (χ1) is 7.46. The van der Waals surface area contributed by atoms with Crippen LogP contribution in [0, 0.1) is 11.8 Å². The van der Waals surface area contributed by atoms with Gasteiger partial charge in [-0.3, -0.25) is 0 Å². The van der Waals surface area contributed by atoms with Crippen LogP contribution in [0.2, 0.25) is 0 Å². The van der Waals surface area contributed by atoms with Crippen molar-refractivity contribution in [3.63, 3.8) is 0 Å². The van der Waals surface area contributed by atoms with Crippen LogP contribution in [-0.4, -0.2) is 0 Å². The first-order valence-electron chi connectivity index (χ1n) is 6.46. The lowest BCUT2D eigenvalue weighted by atomic mass is 10.3. The van der Waals surface area contributed by atoms with Crippen molar-refractivity contribution in [3.8, 4) is 0 Å². The van der Waals surface area contributed by atoms with Crippen LogP contribution in [0.25, 0.3) is 0 Å². The lowest BCUT2D eigenvalue weighted by Gasteiger charge is -1.79. The van der Waals surface area contributed by atoms with E-state index in [1.165, 1.54) is 0 Å². The minimum atomic E-state index is 0.833. The van der Waals surface area contributed by atoms with Crippen molar-refractivity contribution in [1.29, 1.82) is 0 Å². The van der Waals surface area contributed by atoms with Crippen molar-refractivity contribution >= 4 is 0 Å². The fourth-order valence-corrected chi connectivity index (χ4v) is 0.385. The molecule has 0 saturated heterocycles. The van der Waals surface area contributed by atoms with Crippen LogP contribution in [-0.2, 0) is 0 Å². The quantitative estimate of drug-likeness (QED) is 0.504. The van der Waals surface area contributed by atoms with E-state index in [1.54, 1.807) is 0 Å². The van der Waals surface area contributed by atoms with E-state index >= 15 is 0 Å². The molecular weight excluding hydrogens is 192 g/mol. The summed E-state index contributed by atoms with van der Waals surface area (Å²) < 4.78 is 0. The van der Waals surface area contributed by atoms with Crippen LogP contribution in [0.4, 0.5) is 0 Å². The molecule has 0 radical (unpaired) electrons. The van der Waals surface area contributed by atoms with E-state index in [4.69, 9.17) is 0 Å². The molecule has 0 amide bonds. The highest BCUT2D eigenvalue weighted by Gasteiger charge is 1.68. The molecular formula is C16H32. The molecule has 0 nitrogen and oxygen atoms in total. The van der Waals surface area contributed by atoms with Gasteiger partial charge >= 0.3 is 0 Å². The zero-order valence-electron chi connectivity index (χ0n) is 12.6. The topological polar surface area (TPSA) is 0 Å². The molecule has 0 bridgehead atoms. The molecule has 0 atom stereocenters. The highest BCUT2D eigenvalue weighted by atomic mass is 13.7. The number of hydrogen-bond acceptors (Lipinski definition) is 0. The average molecular weight is 224 g/mol.